The van der Waals surface area contributed by atoms with E-state index in [0.717, 1.165) is 5.56 Å². The number of carbonyl (C=O) groups excluding carboxylic acids is 1. The first-order valence-corrected chi connectivity index (χ1v) is 6.00. The first-order valence-electron chi connectivity index (χ1n) is 5.24. The molecule has 0 N–H and O–H groups in total. The molecule has 0 aliphatic rings. The lowest BCUT2D eigenvalue weighted by Crippen LogP contribution is -2.04. The summed E-state index contributed by atoms with van der Waals surface area (Å²) in [5.41, 5.74) is 1.11. The molecular weight excluding hydrogens is 274 g/mol. The molecule has 18 heavy (non-hydrogen) atoms. The largest absolute Gasteiger partial charge is 0.288 e. The van der Waals surface area contributed by atoms with E-state index in [2.05, 4.69) is 0 Å². The Hall–Kier alpha value is -1.38. The van der Waals surface area contributed by atoms with Crippen LogP contribution in [0, 0.1) is 12.7 Å². The van der Waals surface area contributed by atoms with Gasteiger partial charge in [0.25, 0.3) is 0 Å². The number of ketones is 1. The maximum absolute atomic E-state index is 13.6. The molecule has 0 aromatic heterocycles. The second-order valence-electron chi connectivity index (χ2n) is 3.97. The zero-order chi connectivity index (χ0) is 13.3. The third-order valence-corrected chi connectivity index (χ3v) is 2.93. The zero-order valence-electron chi connectivity index (χ0n) is 9.51. The van der Waals surface area contributed by atoms with Crippen molar-refractivity contribution in [3.05, 3.63) is 69.0 Å². The van der Waals surface area contributed by atoms with E-state index in [4.69, 9.17) is 23.2 Å². The van der Waals surface area contributed by atoms with Crippen molar-refractivity contribution in [2.75, 3.05) is 0 Å². The number of hydrogen-bond donors (Lipinski definition) is 0. The molecule has 0 amide bonds. The second-order valence-corrected chi connectivity index (χ2v) is 4.84. The van der Waals surface area contributed by atoms with Crippen LogP contribution < -0.4 is 0 Å². The monoisotopic (exact) mass is 282 g/mol. The first kappa shape index (κ1) is 13.1. The van der Waals surface area contributed by atoms with Crippen molar-refractivity contribution in [1.29, 1.82) is 0 Å². The maximum Gasteiger partial charge on any atom is 0.196 e. The van der Waals surface area contributed by atoms with Gasteiger partial charge in [0, 0.05) is 15.6 Å². The van der Waals surface area contributed by atoms with Gasteiger partial charge in [0.05, 0.1) is 5.56 Å². The predicted octanol–water partition coefficient (Wildman–Crippen LogP) is 4.67. The number of carbonyl (C=O) groups is 1. The van der Waals surface area contributed by atoms with Crippen LogP contribution in [0.15, 0.2) is 36.4 Å². The predicted molar refractivity (Wildman–Crippen MR) is 71.0 cm³/mol. The Morgan fingerprint density at radius 2 is 1.67 bits per heavy atom. The van der Waals surface area contributed by atoms with E-state index in [0.29, 0.717) is 10.0 Å². The minimum absolute atomic E-state index is 0.0216. The van der Waals surface area contributed by atoms with E-state index < -0.39 is 11.6 Å². The van der Waals surface area contributed by atoms with Gasteiger partial charge in [-0.25, -0.2) is 4.39 Å². The first-order chi connectivity index (χ1) is 8.47. The Bertz CT molecular complexity index is 603. The highest BCUT2D eigenvalue weighted by molar-refractivity contribution is 6.35. The summed E-state index contributed by atoms with van der Waals surface area (Å²) in [5.74, 6) is -0.984. The molecule has 0 atom stereocenters. The molecule has 2 aromatic rings. The average Bonchev–Trinajstić information content (AvgIpc) is 2.30. The third-order valence-electron chi connectivity index (χ3n) is 2.49. The molecule has 0 heterocycles. The van der Waals surface area contributed by atoms with E-state index in [1.807, 2.05) is 0 Å². The van der Waals surface area contributed by atoms with Crippen LogP contribution in [0.4, 0.5) is 4.39 Å². The summed E-state index contributed by atoms with van der Waals surface area (Å²) in [6.07, 6.45) is 0. The number of halogens is 3. The van der Waals surface area contributed by atoms with Crippen LogP contribution in [0.1, 0.15) is 21.5 Å². The fourth-order valence-corrected chi connectivity index (χ4v) is 2.18. The summed E-state index contributed by atoms with van der Waals surface area (Å²) < 4.78 is 13.6. The van der Waals surface area contributed by atoms with Gasteiger partial charge in [-0.3, -0.25) is 4.79 Å². The molecule has 0 spiro atoms. The summed E-state index contributed by atoms with van der Waals surface area (Å²) in [6, 6.07) is 8.85. The number of hydrogen-bond acceptors (Lipinski definition) is 1. The van der Waals surface area contributed by atoms with Gasteiger partial charge in [-0.1, -0.05) is 34.8 Å². The van der Waals surface area contributed by atoms with E-state index in [1.54, 1.807) is 13.0 Å². The summed E-state index contributed by atoms with van der Waals surface area (Å²) in [4.78, 5) is 12.2. The summed E-state index contributed by atoms with van der Waals surface area (Å²) in [7, 11) is 0. The molecule has 2 rings (SSSR count). The molecule has 0 saturated heterocycles. The van der Waals surface area contributed by atoms with Gasteiger partial charge in [-0.2, -0.15) is 0 Å². The van der Waals surface area contributed by atoms with Crippen LogP contribution in [0.25, 0.3) is 0 Å². The van der Waals surface area contributed by atoms with E-state index in [1.165, 1.54) is 30.3 Å². The van der Waals surface area contributed by atoms with Crippen molar-refractivity contribution in [2.45, 2.75) is 6.92 Å². The molecule has 0 bridgehead atoms. The summed E-state index contributed by atoms with van der Waals surface area (Å²) in [5, 5.41) is 0.692. The van der Waals surface area contributed by atoms with E-state index in [-0.39, 0.29) is 11.1 Å². The lowest BCUT2D eigenvalue weighted by atomic mass is 10.0. The van der Waals surface area contributed by atoms with Crippen LogP contribution in [0.5, 0.6) is 0 Å². The minimum Gasteiger partial charge on any atom is -0.288 e. The zero-order valence-corrected chi connectivity index (χ0v) is 11.0. The van der Waals surface area contributed by atoms with Crippen molar-refractivity contribution in [3.8, 4) is 0 Å². The lowest BCUT2D eigenvalue weighted by molar-refractivity contribution is 0.103. The van der Waals surface area contributed by atoms with Gasteiger partial charge in [0.2, 0.25) is 0 Å². The molecule has 0 aliphatic heterocycles. The van der Waals surface area contributed by atoms with Crippen LogP contribution in [-0.2, 0) is 0 Å². The lowest BCUT2D eigenvalue weighted by Gasteiger charge is -2.05. The molecule has 0 radical (unpaired) electrons. The smallest absolute Gasteiger partial charge is 0.196 e. The van der Waals surface area contributed by atoms with Crippen LogP contribution in [-0.4, -0.2) is 5.78 Å². The highest BCUT2D eigenvalue weighted by Gasteiger charge is 2.15. The number of rotatable bonds is 2. The normalized spacial score (nSPS) is 10.4. The Morgan fingerprint density at radius 1 is 1.06 bits per heavy atom. The van der Waals surface area contributed by atoms with E-state index in [9.17, 15) is 9.18 Å². The quantitative estimate of drug-likeness (QED) is 0.732. The van der Waals surface area contributed by atoms with Crippen molar-refractivity contribution in [2.24, 2.45) is 0 Å². The van der Waals surface area contributed by atoms with Crippen molar-refractivity contribution in [3.63, 3.8) is 0 Å². The highest BCUT2D eigenvalue weighted by atomic mass is 35.5. The average molecular weight is 283 g/mol. The van der Waals surface area contributed by atoms with Gasteiger partial charge in [0.15, 0.2) is 5.78 Å². The molecule has 92 valence electrons. The van der Waals surface area contributed by atoms with Gasteiger partial charge in [-0.15, -0.1) is 0 Å². The Balaban J connectivity index is 2.51. The molecule has 0 saturated carbocycles. The SMILES string of the molecule is Cc1ccc(F)c(C(=O)c2cc(Cl)cc(Cl)c2)c1. The topological polar surface area (TPSA) is 17.1 Å². The van der Waals surface area contributed by atoms with Gasteiger partial charge in [-0.05, 0) is 37.3 Å². The Morgan fingerprint density at radius 3 is 2.28 bits per heavy atom. The fraction of sp³-hybridized carbons (Fsp3) is 0.0714. The van der Waals surface area contributed by atoms with Crippen molar-refractivity contribution in [1.82, 2.24) is 0 Å². The molecule has 0 fully saturated rings. The number of aryl methyl sites for hydroxylation is 1. The van der Waals surface area contributed by atoms with Crippen LogP contribution >= 0.6 is 23.2 Å². The van der Waals surface area contributed by atoms with Gasteiger partial charge in [0.1, 0.15) is 5.82 Å². The number of benzene rings is 2. The van der Waals surface area contributed by atoms with Gasteiger partial charge >= 0.3 is 0 Å². The standard InChI is InChI=1S/C14H9Cl2FO/c1-8-2-3-13(17)12(4-8)14(18)9-5-10(15)7-11(16)6-9/h2-7H,1H3. The molecule has 0 unspecified atom stereocenters. The molecule has 1 nitrogen and oxygen atoms in total. The van der Waals surface area contributed by atoms with Crippen molar-refractivity contribution < 1.29 is 9.18 Å². The second kappa shape index (κ2) is 5.09. The Labute approximate surface area is 114 Å². The maximum atomic E-state index is 13.6. The molecular formula is C14H9Cl2FO. The third kappa shape index (κ3) is 2.71. The summed E-state index contributed by atoms with van der Waals surface area (Å²) in [6.45, 7) is 1.79. The van der Waals surface area contributed by atoms with Gasteiger partial charge < -0.3 is 0 Å². The van der Waals surface area contributed by atoms with Crippen LogP contribution in [0.2, 0.25) is 10.0 Å². The molecule has 4 heteroatoms. The van der Waals surface area contributed by atoms with E-state index >= 15 is 0 Å². The van der Waals surface area contributed by atoms with Crippen LogP contribution in [0.3, 0.4) is 0 Å². The molecule has 2 aromatic carbocycles. The molecule has 0 aliphatic carbocycles. The highest BCUT2D eigenvalue weighted by Crippen LogP contribution is 2.22. The summed E-state index contributed by atoms with van der Waals surface area (Å²) >= 11 is 11.6. The minimum atomic E-state index is -0.554. The fourth-order valence-electron chi connectivity index (χ4n) is 1.65. The van der Waals surface area contributed by atoms with Crippen molar-refractivity contribution >= 4 is 29.0 Å². The Kier molecular flexibility index (Phi) is 3.69.